The molecule has 0 saturated carbocycles. The van der Waals surface area contributed by atoms with Gasteiger partial charge in [0.1, 0.15) is 0 Å². The molecule has 0 aliphatic heterocycles. The van der Waals surface area contributed by atoms with E-state index in [-0.39, 0.29) is 6.04 Å². The molecule has 2 aliphatic rings. The minimum absolute atomic E-state index is 0.252. The van der Waals surface area contributed by atoms with Crippen LogP contribution in [0, 0.1) is 6.42 Å². The van der Waals surface area contributed by atoms with Crippen molar-refractivity contribution in [2.75, 3.05) is 31.5 Å². The van der Waals surface area contributed by atoms with Gasteiger partial charge in [0, 0.05) is 53.9 Å². The minimum Gasteiger partial charge on any atom is -0.384 e. The Morgan fingerprint density at radius 2 is 1.55 bits per heavy atom. The first kappa shape index (κ1) is 21.9. The predicted octanol–water partition coefficient (Wildman–Crippen LogP) is 4.86. The van der Waals surface area contributed by atoms with Crippen LogP contribution in [0.15, 0.2) is 84.0 Å². The van der Waals surface area contributed by atoms with E-state index in [1.54, 1.807) is 0 Å². The minimum atomic E-state index is 0.252. The van der Waals surface area contributed by atoms with Crippen LogP contribution in [0.5, 0.6) is 0 Å². The van der Waals surface area contributed by atoms with Gasteiger partial charge in [-0.25, -0.2) is 0 Å². The first-order chi connectivity index (χ1) is 16.2. The molecule has 0 spiro atoms. The van der Waals surface area contributed by atoms with Crippen molar-refractivity contribution in [3.63, 3.8) is 0 Å². The van der Waals surface area contributed by atoms with Gasteiger partial charge in [0.05, 0.1) is 0 Å². The second kappa shape index (κ2) is 9.89. The fourth-order valence-electron chi connectivity index (χ4n) is 4.25. The zero-order valence-electron chi connectivity index (χ0n) is 18.6. The summed E-state index contributed by atoms with van der Waals surface area (Å²) in [6.07, 6.45) is 15.6. The zero-order chi connectivity index (χ0) is 22.6. The van der Waals surface area contributed by atoms with Crippen molar-refractivity contribution in [2.24, 2.45) is 11.5 Å². The molecule has 4 nitrogen and oxygen atoms in total. The van der Waals surface area contributed by atoms with Crippen molar-refractivity contribution in [3.05, 3.63) is 101 Å². The smallest absolute Gasteiger partial charge is 0.0442 e. The Morgan fingerprint density at radius 3 is 2.30 bits per heavy atom. The van der Waals surface area contributed by atoms with Crippen LogP contribution in [-0.2, 0) is 0 Å². The van der Waals surface area contributed by atoms with Gasteiger partial charge in [-0.3, -0.25) is 0 Å². The summed E-state index contributed by atoms with van der Waals surface area (Å²) in [5.41, 5.74) is 18.5. The van der Waals surface area contributed by atoms with Gasteiger partial charge in [-0.1, -0.05) is 48.6 Å². The van der Waals surface area contributed by atoms with Crippen LogP contribution in [0.1, 0.15) is 10.4 Å². The first-order valence-electron chi connectivity index (χ1n) is 11.4. The zero-order valence-corrected chi connectivity index (χ0v) is 19.4. The third-order valence-corrected chi connectivity index (χ3v) is 7.14. The molecule has 0 fully saturated rings. The maximum absolute atomic E-state index is 5.60. The number of nitrogens with one attached hydrogen (secondary N) is 2. The van der Waals surface area contributed by atoms with Crippen LogP contribution in [0.3, 0.4) is 0 Å². The van der Waals surface area contributed by atoms with Gasteiger partial charge in [0.2, 0.25) is 0 Å². The summed E-state index contributed by atoms with van der Waals surface area (Å²) < 4.78 is 1.32. The van der Waals surface area contributed by atoms with Crippen molar-refractivity contribution >= 4 is 33.2 Å². The number of thiophene rings is 1. The highest BCUT2D eigenvalue weighted by atomic mass is 32.1. The van der Waals surface area contributed by atoms with Gasteiger partial charge in [0.25, 0.3) is 0 Å². The number of rotatable bonds is 7. The van der Waals surface area contributed by atoms with E-state index in [0.29, 0.717) is 13.1 Å². The van der Waals surface area contributed by atoms with Crippen molar-refractivity contribution in [3.8, 4) is 11.1 Å². The lowest BCUT2D eigenvalue weighted by atomic mass is 9.90. The second-order valence-corrected chi connectivity index (χ2v) is 9.34. The van der Waals surface area contributed by atoms with E-state index in [4.69, 9.17) is 11.5 Å². The van der Waals surface area contributed by atoms with E-state index in [1.807, 2.05) is 11.3 Å². The molecule has 1 radical (unpaired) electrons. The maximum atomic E-state index is 5.60. The van der Waals surface area contributed by atoms with Gasteiger partial charge in [-0.15, -0.1) is 11.3 Å². The third kappa shape index (κ3) is 4.72. The molecule has 167 valence electrons. The molecule has 0 saturated heterocycles. The van der Waals surface area contributed by atoms with E-state index in [0.717, 1.165) is 18.8 Å². The molecule has 6 N–H and O–H groups in total. The van der Waals surface area contributed by atoms with Crippen molar-refractivity contribution in [1.29, 1.82) is 0 Å². The molecule has 5 heteroatoms. The molecule has 0 atom stereocenters. The average Bonchev–Trinajstić information content (AvgIpc) is 3.24. The number of hydrogen-bond acceptors (Lipinski definition) is 5. The standard InChI is InChI=1S/C28H29N4S/c29-13-15-31-23-7-1-19(2-8-23)21-5-11-27-25(17-21)26-18-22(6-12-28(26)33-27)20-3-9-24(10-4-20)32-16-14-30/h1-12,17-18,23,31-32H,13-16,29-30H2. The average molecular weight is 454 g/mol. The molecule has 0 unspecified atom stereocenters. The van der Waals surface area contributed by atoms with Gasteiger partial charge >= 0.3 is 0 Å². The normalized spacial score (nSPS) is 17.1. The Morgan fingerprint density at radius 1 is 0.788 bits per heavy atom. The van der Waals surface area contributed by atoms with Crippen LogP contribution >= 0.6 is 11.3 Å². The van der Waals surface area contributed by atoms with Gasteiger partial charge in [-0.2, -0.15) is 0 Å². The monoisotopic (exact) mass is 453 g/mol. The summed E-state index contributed by atoms with van der Waals surface area (Å²) in [6.45, 7) is 2.87. The number of anilines is 1. The fourth-order valence-corrected chi connectivity index (χ4v) is 5.31. The Labute approximate surface area is 199 Å². The van der Waals surface area contributed by atoms with E-state index in [2.05, 4.69) is 96.0 Å². The highest BCUT2D eigenvalue weighted by Crippen LogP contribution is 2.40. The van der Waals surface area contributed by atoms with Gasteiger partial charge in [0.15, 0.2) is 0 Å². The summed E-state index contributed by atoms with van der Waals surface area (Å²) >= 11 is 1.85. The number of nitrogens with two attached hydrogens (primary N) is 2. The van der Waals surface area contributed by atoms with Crippen LogP contribution < -0.4 is 22.1 Å². The maximum Gasteiger partial charge on any atom is 0.0442 e. The molecule has 0 bridgehead atoms. The molecule has 1 aromatic heterocycles. The third-order valence-electron chi connectivity index (χ3n) is 5.98. The Kier molecular flexibility index (Phi) is 6.55. The fraction of sp³-hybridized carbons (Fsp3) is 0.179. The highest BCUT2D eigenvalue weighted by Gasteiger charge is 2.18. The molecule has 0 amide bonds. The number of benzene rings is 2. The molecule has 33 heavy (non-hydrogen) atoms. The largest absolute Gasteiger partial charge is 0.384 e. The highest BCUT2D eigenvalue weighted by molar-refractivity contribution is 7.20. The Bertz CT molecular complexity index is 1250. The lowest BCUT2D eigenvalue weighted by Gasteiger charge is -2.17. The Balaban J connectivity index is 1.41. The summed E-state index contributed by atoms with van der Waals surface area (Å²) in [7, 11) is 0. The van der Waals surface area contributed by atoms with E-state index >= 15 is 0 Å². The van der Waals surface area contributed by atoms with Crippen LogP contribution in [0.4, 0.5) is 5.69 Å². The van der Waals surface area contributed by atoms with Crippen LogP contribution in [0.25, 0.3) is 27.3 Å². The number of hydrogen-bond donors (Lipinski definition) is 4. The Hall–Kier alpha value is -2.96. The summed E-state index contributed by atoms with van der Waals surface area (Å²) in [4.78, 5) is 1.32. The predicted molar refractivity (Wildman–Crippen MR) is 143 cm³/mol. The van der Waals surface area contributed by atoms with Crippen molar-refractivity contribution < 1.29 is 0 Å². The number of fused-ring (bicyclic) bond motifs is 3. The van der Waals surface area contributed by atoms with Gasteiger partial charge in [-0.05, 0) is 63.6 Å². The molecular weight excluding hydrogens is 424 g/mol. The summed E-state index contributed by atoms with van der Waals surface area (Å²) in [6, 6.07) is 15.6. The molecular formula is C28H29N4S. The molecule has 2 aliphatic carbocycles. The first-order valence-corrected chi connectivity index (χ1v) is 12.2. The van der Waals surface area contributed by atoms with E-state index in [9.17, 15) is 0 Å². The molecule has 5 rings (SSSR count). The molecule has 3 aromatic rings. The lowest BCUT2D eigenvalue weighted by Crippen LogP contribution is -2.31. The summed E-state index contributed by atoms with van der Waals surface area (Å²) in [5.74, 6) is 0. The van der Waals surface area contributed by atoms with Crippen molar-refractivity contribution in [2.45, 2.75) is 6.04 Å². The van der Waals surface area contributed by atoms with E-state index in [1.165, 1.54) is 42.8 Å². The van der Waals surface area contributed by atoms with Gasteiger partial charge < -0.3 is 22.1 Å². The summed E-state index contributed by atoms with van der Waals surface area (Å²) in [5, 5.41) is 8.05. The topological polar surface area (TPSA) is 76.1 Å². The van der Waals surface area contributed by atoms with Crippen LogP contribution in [-0.4, -0.2) is 32.2 Å². The van der Waals surface area contributed by atoms with Crippen molar-refractivity contribution in [1.82, 2.24) is 5.32 Å². The quantitative estimate of drug-likeness (QED) is 0.412. The second-order valence-electron chi connectivity index (χ2n) is 8.26. The lowest BCUT2D eigenvalue weighted by molar-refractivity contribution is 0.676. The van der Waals surface area contributed by atoms with Crippen LogP contribution in [0.2, 0.25) is 0 Å². The molecule has 1 heterocycles. The molecule has 2 aromatic carbocycles. The number of allylic oxidation sites excluding steroid dienone is 5. The SMILES string of the molecule is NCCNc1ccc(-c2ccc3sc4c(c3c2)[CH]C(=C2C=CC(NCCN)C=C2)C=C4)cc1. The van der Waals surface area contributed by atoms with E-state index < -0.39 is 0 Å².